The SMILES string of the molecule is CCOC(=O)C(C)=NOC(=O)COc1ccc(Cl)c(Cl)c1. The van der Waals surface area contributed by atoms with Crippen molar-refractivity contribution in [3.05, 3.63) is 28.2 Å². The van der Waals surface area contributed by atoms with E-state index in [9.17, 15) is 9.59 Å². The molecule has 0 saturated heterocycles. The number of halogens is 2. The fourth-order valence-corrected chi connectivity index (χ4v) is 1.42. The maximum Gasteiger partial charge on any atom is 0.372 e. The number of hydrogen-bond donors (Lipinski definition) is 0. The highest BCUT2D eigenvalue weighted by Gasteiger charge is 2.10. The van der Waals surface area contributed by atoms with E-state index < -0.39 is 18.5 Å². The van der Waals surface area contributed by atoms with Gasteiger partial charge >= 0.3 is 11.9 Å². The second-order valence-corrected chi connectivity index (χ2v) is 4.54. The normalized spacial score (nSPS) is 11.0. The highest BCUT2D eigenvalue weighted by atomic mass is 35.5. The van der Waals surface area contributed by atoms with Crippen LogP contribution in [0.15, 0.2) is 23.4 Å². The molecule has 0 aromatic heterocycles. The van der Waals surface area contributed by atoms with Crippen LogP contribution >= 0.6 is 23.2 Å². The molecular weight excluding hydrogens is 321 g/mol. The molecule has 114 valence electrons. The van der Waals surface area contributed by atoms with Gasteiger partial charge in [0.1, 0.15) is 5.75 Å². The van der Waals surface area contributed by atoms with Crippen molar-refractivity contribution >= 4 is 40.9 Å². The van der Waals surface area contributed by atoms with Crippen molar-refractivity contribution in [1.29, 1.82) is 0 Å². The Morgan fingerprint density at radius 1 is 1.24 bits per heavy atom. The lowest BCUT2D eigenvalue weighted by atomic mass is 10.3. The third kappa shape index (κ3) is 6.01. The Balaban J connectivity index is 2.45. The first kappa shape index (κ1) is 17.3. The summed E-state index contributed by atoms with van der Waals surface area (Å²) in [7, 11) is 0. The lowest BCUT2D eigenvalue weighted by Crippen LogP contribution is -2.17. The molecule has 1 aromatic carbocycles. The van der Waals surface area contributed by atoms with Gasteiger partial charge in [0, 0.05) is 6.07 Å². The van der Waals surface area contributed by atoms with Crippen molar-refractivity contribution in [1.82, 2.24) is 0 Å². The maximum absolute atomic E-state index is 11.4. The Morgan fingerprint density at radius 3 is 2.57 bits per heavy atom. The van der Waals surface area contributed by atoms with Gasteiger partial charge in [-0.2, -0.15) is 0 Å². The van der Waals surface area contributed by atoms with Crippen LogP contribution in [0, 0.1) is 0 Å². The fourth-order valence-electron chi connectivity index (χ4n) is 1.13. The van der Waals surface area contributed by atoms with Gasteiger partial charge in [-0.15, -0.1) is 0 Å². The summed E-state index contributed by atoms with van der Waals surface area (Å²) < 4.78 is 9.81. The van der Waals surface area contributed by atoms with Gasteiger partial charge in [-0.1, -0.05) is 28.4 Å². The van der Waals surface area contributed by atoms with E-state index in [-0.39, 0.29) is 12.3 Å². The van der Waals surface area contributed by atoms with Gasteiger partial charge in [-0.25, -0.2) is 9.59 Å². The van der Waals surface area contributed by atoms with Crippen LogP contribution in [0.4, 0.5) is 0 Å². The summed E-state index contributed by atoms with van der Waals surface area (Å²) >= 11 is 11.5. The highest BCUT2D eigenvalue weighted by molar-refractivity contribution is 6.42. The maximum atomic E-state index is 11.4. The van der Waals surface area contributed by atoms with Gasteiger partial charge in [-0.05, 0) is 26.0 Å². The quantitative estimate of drug-likeness (QED) is 0.346. The lowest BCUT2D eigenvalue weighted by Gasteiger charge is -2.05. The third-order valence-corrected chi connectivity index (χ3v) is 2.84. The number of rotatable bonds is 6. The van der Waals surface area contributed by atoms with E-state index in [1.54, 1.807) is 13.0 Å². The highest BCUT2D eigenvalue weighted by Crippen LogP contribution is 2.26. The molecule has 0 aliphatic heterocycles. The van der Waals surface area contributed by atoms with Gasteiger partial charge in [0.2, 0.25) is 0 Å². The fraction of sp³-hybridized carbons (Fsp3) is 0.308. The zero-order valence-corrected chi connectivity index (χ0v) is 12.9. The van der Waals surface area contributed by atoms with Gasteiger partial charge in [0.25, 0.3) is 0 Å². The molecule has 0 amide bonds. The minimum Gasteiger partial charge on any atom is -0.482 e. The minimum atomic E-state index is -0.773. The first-order valence-electron chi connectivity index (χ1n) is 5.93. The monoisotopic (exact) mass is 333 g/mol. The summed E-state index contributed by atoms with van der Waals surface area (Å²) in [6.07, 6.45) is 0. The minimum absolute atomic E-state index is 0.0697. The summed E-state index contributed by atoms with van der Waals surface area (Å²) in [5, 5.41) is 4.03. The largest absolute Gasteiger partial charge is 0.482 e. The third-order valence-electron chi connectivity index (χ3n) is 2.10. The Hall–Kier alpha value is -1.79. The van der Waals surface area contributed by atoms with Crippen molar-refractivity contribution in [2.45, 2.75) is 13.8 Å². The number of benzene rings is 1. The molecule has 0 aliphatic carbocycles. The second kappa shape index (κ2) is 8.49. The van der Waals surface area contributed by atoms with Gasteiger partial charge in [0.15, 0.2) is 12.3 Å². The molecule has 1 aromatic rings. The number of oxime groups is 1. The molecule has 21 heavy (non-hydrogen) atoms. The van der Waals surface area contributed by atoms with E-state index in [0.29, 0.717) is 15.8 Å². The number of esters is 1. The molecule has 0 fully saturated rings. The Bertz CT molecular complexity index is 559. The topological polar surface area (TPSA) is 74.2 Å². The Morgan fingerprint density at radius 2 is 1.95 bits per heavy atom. The average Bonchev–Trinajstić information content (AvgIpc) is 2.46. The first-order valence-corrected chi connectivity index (χ1v) is 6.69. The predicted octanol–water partition coefficient (Wildman–Crippen LogP) is 2.85. The molecule has 6 nitrogen and oxygen atoms in total. The summed E-state index contributed by atoms with van der Waals surface area (Å²) in [4.78, 5) is 27.1. The number of hydrogen-bond acceptors (Lipinski definition) is 6. The van der Waals surface area contributed by atoms with Crippen LogP contribution in [-0.4, -0.2) is 30.9 Å². The van der Waals surface area contributed by atoms with Crippen LogP contribution in [0.3, 0.4) is 0 Å². The molecule has 0 radical (unpaired) electrons. The standard InChI is InChI=1S/C13H13Cl2NO5/c1-3-19-13(18)8(2)16-21-12(17)7-20-9-4-5-10(14)11(15)6-9/h4-6H,3,7H2,1-2H3. The van der Waals surface area contributed by atoms with Gasteiger partial charge in [0.05, 0.1) is 16.7 Å². The Labute approximate surface area is 131 Å². The van der Waals surface area contributed by atoms with Crippen LogP contribution in [-0.2, 0) is 19.2 Å². The molecule has 1 rings (SSSR count). The number of carbonyl (C=O) groups is 2. The van der Waals surface area contributed by atoms with Crippen molar-refractivity contribution in [2.24, 2.45) is 5.16 Å². The lowest BCUT2D eigenvalue weighted by molar-refractivity contribution is -0.146. The molecule has 0 atom stereocenters. The van der Waals surface area contributed by atoms with Crippen molar-refractivity contribution in [3.8, 4) is 5.75 Å². The van der Waals surface area contributed by atoms with Crippen molar-refractivity contribution < 1.29 is 23.9 Å². The van der Waals surface area contributed by atoms with Crippen molar-refractivity contribution in [3.63, 3.8) is 0 Å². The van der Waals surface area contributed by atoms with E-state index >= 15 is 0 Å². The van der Waals surface area contributed by atoms with Crippen LogP contribution in [0.5, 0.6) is 5.75 Å². The molecule has 0 saturated carbocycles. The molecule has 0 N–H and O–H groups in total. The van der Waals surface area contributed by atoms with Crippen LogP contribution in [0.25, 0.3) is 0 Å². The van der Waals surface area contributed by atoms with Crippen LogP contribution < -0.4 is 4.74 Å². The molecule has 0 bridgehead atoms. The van der Waals surface area contributed by atoms with Crippen molar-refractivity contribution in [2.75, 3.05) is 13.2 Å². The van der Waals surface area contributed by atoms with Gasteiger partial charge in [-0.3, -0.25) is 0 Å². The van der Waals surface area contributed by atoms with Crippen LogP contribution in [0.2, 0.25) is 10.0 Å². The molecule has 0 heterocycles. The summed E-state index contributed by atoms with van der Waals surface area (Å²) in [6, 6.07) is 4.55. The first-order chi connectivity index (χ1) is 9.93. The molecule has 0 aliphatic rings. The summed E-state index contributed by atoms with van der Waals surface area (Å²) in [6.45, 7) is 2.84. The zero-order chi connectivity index (χ0) is 15.8. The summed E-state index contributed by atoms with van der Waals surface area (Å²) in [5.41, 5.74) is -0.0697. The van der Waals surface area contributed by atoms with Crippen LogP contribution in [0.1, 0.15) is 13.8 Å². The smallest absolute Gasteiger partial charge is 0.372 e. The predicted molar refractivity (Wildman–Crippen MR) is 77.8 cm³/mol. The molecular formula is C13H13Cl2NO5. The van der Waals surface area contributed by atoms with E-state index in [4.69, 9.17) is 27.9 Å². The number of carbonyl (C=O) groups excluding carboxylic acids is 2. The second-order valence-electron chi connectivity index (χ2n) is 3.73. The Kier molecular flexibility index (Phi) is 6.98. The average molecular weight is 334 g/mol. The zero-order valence-electron chi connectivity index (χ0n) is 11.4. The molecule has 8 heteroatoms. The number of ether oxygens (including phenoxy) is 2. The van der Waals surface area contributed by atoms with E-state index in [1.165, 1.54) is 19.1 Å². The summed E-state index contributed by atoms with van der Waals surface area (Å²) in [5.74, 6) is -1.08. The molecule has 0 spiro atoms. The van der Waals surface area contributed by atoms with E-state index in [2.05, 4.69) is 14.7 Å². The number of nitrogens with zero attached hydrogens (tertiary/aromatic N) is 1. The van der Waals surface area contributed by atoms with Gasteiger partial charge < -0.3 is 14.3 Å². The van der Waals surface area contributed by atoms with E-state index in [0.717, 1.165) is 0 Å². The molecule has 0 unspecified atom stereocenters. The van der Waals surface area contributed by atoms with E-state index in [1.807, 2.05) is 0 Å².